The Morgan fingerprint density at radius 3 is 0.977 bits per heavy atom. The molecule has 2 N–H and O–H groups in total. The van der Waals surface area contributed by atoms with Crippen molar-refractivity contribution in [2.75, 3.05) is 0 Å². The summed E-state index contributed by atoms with van der Waals surface area (Å²) in [6, 6.07) is 18.6. The fourth-order valence-corrected chi connectivity index (χ4v) is 10.3. The molecule has 0 spiro atoms. The molecule has 0 heterocycles. The van der Waals surface area contributed by atoms with E-state index in [1.165, 1.54) is 22.3 Å². The zero-order valence-corrected chi connectivity index (χ0v) is 29.5. The van der Waals surface area contributed by atoms with Gasteiger partial charge in [0, 0.05) is 5.41 Å². The molecule has 3 aliphatic rings. The minimum absolute atomic E-state index is 0.00503. The molecule has 2 saturated carbocycles. The number of aliphatic hydroxyl groups excluding tert-OH is 2. The van der Waals surface area contributed by atoms with Gasteiger partial charge in [-0.15, -0.1) is 0 Å². The van der Waals surface area contributed by atoms with Crippen LogP contribution in [0.2, 0.25) is 0 Å². The highest BCUT2D eigenvalue weighted by atomic mass is 16.3. The first-order valence-electron chi connectivity index (χ1n) is 17.3. The second-order valence-electron chi connectivity index (χ2n) is 19.2. The maximum atomic E-state index is 12.0. The Bertz CT molecular complexity index is 1140. The van der Waals surface area contributed by atoms with Gasteiger partial charge in [-0.3, -0.25) is 0 Å². The Balaban J connectivity index is 1.80. The average molecular weight is 587 g/mol. The maximum absolute atomic E-state index is 12.0. The number of fused-ring (bicyclic) bond motifs is 3. The molecule has 238 valence electrons. The summed E-state index contributed by atoms with van der Waals surface area (Å²) in [7, 11) is 0. The lowest BCUT2D eigenvalue weighted by Gasteiger charge is -2.59. The van der Waals surface area contributed by atoms with E-state index in [1.807, 2.05) is 0 Å². The van der Waals surface area contributed by atoms with Crippen LogP contribution in [0.3, 0.4) is 0 Å². The van der Waals surface area contributed by atoms with E-state index >= 15 is 0 Å². The van der Waals surface area contributed by atoms with E-state index in [0.29, 0.717) is 11.8 Å². The highest BCUT2D eigenvalue weighted by molar-refractivity contribution is 5.81. The molecule has 0 bridgehead atoms. The Kier molecular flexibility index (Phi) is 8.17. The van der Waals surface area contributed by atoms with Crippen molar-refractivity contribution in [3.63, 3.8) is 0 Å². The SMILES string of the molecule is CC(C)(C)C1CC(C2(C3CC(C(C)(C)C)C(O)C(C(C)(C)C)C3)c3ccccc3-c3ccccc32)CC(C(C)(C)C)C1O. The molecule has 2 aromatic carbocycles. The third kappa shape index (κ3) is 5.45. The molecule has 0 radical (unpaired) electrons. The van der Waals surface area contributed by atoms with Crippen LogP contribution < -0.4 is 0 Å². The van der Waals surface area contributed by atoms with Gasteiger partial charge in [-0.2, -0.15) is 0 Å². The molecule has 4 unspecified atom stereocenters. The Morgan fingerprint density at radius 1 is 0.465 bits per heavy atom. The molecule has 43 heavy (non-hydrogen) atoms. The summed E-state index contributed by atoms with van der Waals surface area (Å²) in [5.74, 6) is 1.68. The molecule has 0 aliphatic heterocycles. The lowest BCUT2D eigenvalue weighted by molar-refractivity contribution is -0.119. The number of rotatable bonds is 2. The summed E-state index contributed by atoms with van der Waals surface area (Å²) in [4.78, 5) is 0. The zero-order valence-electron chi connectivity index (χ0n) is 29.5. The molecule has 2 nitrogen and oxygen atoms in total. The molecule has 0 amide bonds. The minimum Gasteiger partial charge on any atom is -0.393 e. The van der Waals surface area contributed by atoms with E-state index in [-0.39, 0.29) is 63.0 Å². The lowest BCUT2D eigenvalue weighted by Crippen LogP contribution is -2.57. The molecule has 0 aromatic heterocycles. The van der Waals surface area contributed by atoms with E-state index < -0.39 is 0 Å². The van der Waals surface area contributed by atoms with Crippen LogP contribution in [0, 0.1) is 57.2 Å². The molecule has 2 heteroatoms. The van der Waals surface area contributed by atoms with Crippen molar-refractivity contribution in [1.82, 2.24) is 0 Å². The zero-order chi connectivity index (χ0) is 31.9. The molecule has 4 atom stereocenters. The second kappa shape index (κ2) is 10.7. The van der Waals surface area contributed by atoms with E-state index in [1.54, 1.807) is 0 Å². The van der Waals surface area contributed by atoms with Gasteiger partial charge in [0.1, 0.15) is 0 Å². The Labute approximate surface area is 264 Å². The molecule has 2 fully saturated rings. The number of aliphatic hydroxyl groups is 2. The topological polar surface area (TPSA) is 40.5 Å². The molecular weight excluding hydrogens is 524 g/mol. The average Bonchev–Trinajstić information content (AvgIpc) is 3.18. The first-order valence-corrected chi connectivity index (χ1v) is 17.3. The van der Waals surface area contributed by atoms with Crippen molar-refractivity contribution in [1.29, 1.82) is 0 Å². The van der Waals surface area contributed by atoms with E-state index in [0.717, 1.165) is 25.7 Å². The fourth-order valence-electron chi connectivity index (χ4n) is 10.3. The largest absolute Gasteiger partial charge is 0.393 e. The number of hydrogen-bond acceptors (Lipinski definition) is 2. The monoisotopic (exact) mass is 586 g/mol. The summed E-state index contributed by atoms with van der Waals surface area (Å²) in [5.41, 5.74) is 5.66. The first kappa shape index (κ1) is 32.7. The number of hydrogen-bond donors (Lipinski definition) is 2. The van der Waals surface area contributed by atoms with Gasteiger partial charge in [0.05, 0.1) is 12.2 Å². The number of benzene rings is 2. The molecule has 0 saturated heterocycles. The van der Waals surface area contributed by atoms with Crippen molar-refractivity contribution in [3.8, 4) is 11.1 Å². The summed E-state index contributed by atoms with van der Waals surface area (Å²) in [6.45, 7) is 28.1. The van der Waals surface area contributed by atoms with Crippen LogP contribution in [0.5, 0.6) is 0 Å². The third-order valence-electron chi connectivity index (χ3n) is 12.6. The van der Waals surface area contributed by atoms with E-state index in [9.17, 15) is 10.2 Å². The van der Waals surface area contributed by atoms with Gasteiger partial charge in [0.2, 0.25) is 0 Å². The molecular formula is C41H62O2. The normalized spacial score (nSPS) is 33.2. The highest BCUT2D eigenvalue weighted by Gasteiger charge is 2.61. The predicted molar refractivity (Wildman–Crippen MR) is 182 cm³/mol. The van der Waals surface area contributed by atoms with Gasteiger partial charge in [-0.05, 0) is 105 Å². The van der Waals surface area contributed by atoms with Crippen LogP contribution in [0.15, 0.2) is 48.5 Å². The Hall–Kier alpha value is -1.64. The van der Waals surface area contributed by atoms with Crippen molar-refractivity contribution < 1.29 is 10.2 Å². The van der Waals surface area contributed by atoms with Crippen LogP contribution in [0.4, 0.5) is 0 Å². The van der Waals surface area contributed by atoms with Crippen LogP contribution in [-0.2, 0) is 5.41 Å². The summed E-state index contributed by atoms with van der Waals surface area (Å²) >= 11 is 0. The van der Waals surface area contributed by atoms with Gasteiger partial charge >= 0.3 is 0 Å². The molecule has 3 aliphatic carbocycles. The van der Waals surface area contributed by atoms with E-state index in [4.69, 9.17) is 0 Å². The Morgan fingerprint density at radius 2 is 0.721 bits per heavy atom. The molecule has 5 rings (SSSR count). The van der Waals surface area contributed by atoms with Gasteiger partial charge in [-0.1, -0.05) is 132 Å². The molecule has 2 aromatic rings. The highest BCUT2D eigenvalue weighted by Crippen LogP contribution is 2.66. The van der Waals surface area contributed by atoms with Crippen LogP contribution in [0.1, 0.15) is 120 Å². The van der Waals surface area contributed by atoms with Crippen molar-refractivity contribution in [2.45, 2.75) is 126 Å². The van der Waals surface area contributed by atoms with Crippen molar-refractivity contribution >= 4 is 0 Å². The summed E-state index contributed by atoms with van der Waals surface area (Å²) < 4.78 is 0. The second-order valence-corrected chi connectivity index (χ2v) is 19.2. The van der Waals surface area contributed by atoms with Crippen molar-refractivity contribution in [2.24, 2.45) is 57.2 Å². The summed E-state index contributed by atoms with van der Waals surface area (Å²) in [6.07, 6.45) is 3.49. The smallest absolute Gasteiger partial charge is 0.0606 e. The quantitative estimate of drug-likeness (QED) is 0.367. The van der Waals surface area contributed by atoms with Gasteiger partial charge in [-0.25, -0.2) is 0 Å². The lowest BCUT2D eigenvalue weighted by atomic mass is 9.46. The third-order valence-corrected chi connectivity index (χ3v) is 12.6. The van der Waals surface area contributed by atoms with Gasteiger partial charge in [0.15, 0.2) is 0 Å². The minimum atomic E-state index is -0.307. The van der Waals surface area contributed by atoms with Crippen molar-refractivity contribution in [3.05, 3.63) is 59.7 Å². The predicted octanol–water partition coefficient (Wildman–Crippen LogP) is 10.1. The fraction of sp³-hybridized carbons (Fsp3) is 0.707. The van der Waals surface area contributed by atoms with Gasteiger partial charge in [0.25, 0.3) is 0 Å². The van der Waals surface area contributed by atoms with Crippen LogP contribution in [0.25, 0.3) is 11.1 Å². The standard InChI is InChI=1S/C41H62O2/c1-37(2,3)31-21-25(22-32(35(31)42)38(4,5)6)41(29-19-15-13-17-27(29)28-18-14-16-20-30(28)41)26-23-33(39(7,8)9)36(43)34(24-26)40(10,11)12/h13-20,25-26,31-36,42-43H,21-24H2,1-12H3. The first-order chi connectivity index (χ1) is 19.7. The maximum Gasteiger partial charge on any atom is 0.0606 e. The van der Waals surface area contributed by atoms with Crippen LogP contribution >= 0.6 is 0 Å². The summed E-state index contributed by atoms with van der Waals surface area (Å²) in [5, 5.41) is 24.1. The van der Waals surface area contributed by atoms with E-state index in [2.05, 4.69) is 132 Å². The van der Waals surface area contributed by atoms with Gasteiger partial charge < -0.3 is 10.2 Å². The van der Waals surface area contributed by atoms with Crippen LogP contribution in [-0.4, -0.2) is 22.4 Å².